The van der Waals surface area contributed by atoms with Crippen LogP contribution in [-0.4, -0.2) is 28.5 Å². The third-order valence-electron chi connectivity index (χ3n) is 1.89. The van der Waals surface area contributed by atoms with Gasteiger partial charge in [0.05, 0.1) is 6.04 Å². The molecule has 0 radical (unpaired) electrons. The van der Waals surface area contributed by atoms with Crippen LogP contribution < -0.4 is 11.1 Å². The Balaban J connectivity index is 2.20. The minimum atomic E-state index is -0.619. The molecule has 80 valence electrons. The molecule has 1 aromatic rings. The van der Waals surface area contributed by atoms with Crippen LogP contribution in [0.25, 0.3) is 0 Å². The SMILES string of the molecule is C#CCC(N)C(=O)NCCc1ncc[nH]1. The van der Waals surface area contributed by atoms with Crippen molar-refractivity contribution in [2.45, 2.75) is 18.9 Å². The number of hydrogen-bond acceptors (Lipinski definition) is 3. The van der Waals surface area contributed by atoms with Gasteiger partial charge in [-0.25, -0.2) is 4.98 Å². The largest absolute Gasteiger partial charge is 0.354 e. The summed E-state index contributed by atoms with van der Waals surface area (Å²) in [6.07, 6.45) is 9.36. The van der Waals surface area contributed by atoms with E-state index in [-0.39, 0.29) is 12.3 Å². The number of aromatic nitrogens is 2. The quantitative estimate of drug-likeness (QED) is 0.563. The van der Waals surface area contributed by atoms with Crippen molar-refractivity contribution >= 4 is 5.91 Å². The van der Waals surface area contributed by atoms with E-state index in [2.05, 4.69) is 21.2 Å². The van der Waals surface area contributed by atoms with Crippen molar-refractivity contribution in [1.82, 2.24) is 15.3 Å². The van der Waals surface area contributed by atoms with Gasteiger partial charge in [0, 0.05) is 31.8 Å². The van der Waals surface area contributed by atoms with E-state index in [4.69, 9.17) is 12.2 Å². The van der Waals surface area contributed by atoms with E-state index in [0.29, 0.717) is 13.0 Å². The first-order valence-corrected chi connectivity index (χ1v) is 4.69. The van der Waals surface area contributed by atoms with Gasteiger partial charge in [0.15, 0.2) is 0 Å². The summed E-state index contributed by atoms with van der Waals surface area (Å²) in [6, 6.07) is -0.619. The molecule has 5 nitrogen and oxygen atoms in total. The van der Waals surface area contributed by atoms with Gasteiger partial charge in [-0.05, 0) is 0 Å². The van der Waals surface area contributed by atoms with Gasteiger partial charge < -0.3 is 16.0 Å². The fraction of sp³-hybridized carbons (Fsp3) is 0.400. The van der Waals surface area contributed by atoms with Crippen LogP contribution in [0.15, 0.2) is 12.4 Å². The van der Waals surface area contributed by atoms with Gasteiger partial charge in [-0.2, -0.15) is 0 Å². The summed E-state index contributed by atoms with van der Waals surface area (Å²) in [7, 11) is 0. The van der Waals surface area contributed by atoms with Crippen LogP contribution >= 0.6 is 0 Å². The summed E-state index contributed by atoms with van der Waals surface area (Å²) in [6.45, 7) is 0.505. The molecular weight excluding hydrogens is 192 g/mol. The molecule has 0 saturated carbocycles. The zero-order valence-electron chi connectivity index (χ0n) is 8.36. The van der Waals surface area contributed by atoms with Crippen LogP contribution in [-0.2, 0) is 11.2 Å². The van der Waals surface area contributed by atoms with E-state index in [1.54, 1.807) is 12.4 Å². The summed E-state index contributed by atoms with van der Waals surface area (Å²) in [5.41, 5.74) is 5.51. The fourth-order valence-electron chi connectivity index (χ4n) is 1.09. The topological polar surface area (TPSA) is 83.8 Å². The highest BCUT2D eigenvalue weighted by Gasteiger charge is 2.10. The molecule has 0 saturated heterocycles. The summed E-state index contributed by atoms with van der Waals surface area (Å²) in [5, 5.41) is 2.69. The van der Waals surface area contributed by atoms with E-state index >= 15 is 0 Å². The second-order valence-corrected chi connectivity index (χ2v) is 3.09. The number of nitrogens with two attached hydrogens (primary N) is 1. The second kappa shape index (κ2) is 5.83. The summed E-state index contributed by atoms with van der Waals surface area (Å²) in [4.78, 5) is 18.3. The van der Waals surface area contributed by atoms with Gasteiger partial charge in [0.2, 0.25) is 5.91 Å². The predicted molar refractivity (Wildman–Crippen MR) is 56.7 cm³/mol. The molecule has 0 aliphatic rings. The molecule has 0 spiro atoms. The molecule has 1 aromatic heterocycles. The Hall–Kier alpha value is -1.80. The first kappa shape index (κ1) is 11.3. The number of imidazole rings is 1. The normalized spacial score (nSPS) is 11.7. The van der Waals surface area contributed by atoms with Crippen LogP contribution in [0.5, 0.6) is 0 Å². The number of amides is 1. The Bertz CT molecular complexity index is 339. The van der Waals surface area contributed by atoms with Crippen LogP contribution in [0.1, 0.15) is 12.2 Å². The van der Waals surface area contributed by atoms with Crippen molar-refractivity contribution in [2.75, 3.05) is 6.54 Å². The number of aromatic amines is 1. The van der Waals surface area contributed by atoms with Crippen LogP contribution in [0.3, 0.4) is 0 Å². The molecule has 0 fully saturated rings. The molecule has 1 unspecified atom stereocenters. The Morgan fingerprint density at radius 2 is 2.60 bits per heavy atom. The molecule has 0 aliphatic heterocycles. The van der Waals surface area contributed by atoms with Crippen molar-refractivity contribution in [3.63, 3.8) is 0 Å². The molecule has 1 heterocycles. The maximum atomic E-state index is 11.3. The Labute approximate surface area is 88.5 Å². The Morgan fingerprint density at radius 1 is 1.80 bits per heavy atom. The summed E-state index contributed by atoms with van der Waals surface area (Å²) >= 11 is 0. The monoisotopic (exact) mass is 206 g/mol. The number of nitrogens with one attached hydrogen (secondary N) is 2. The number of terminal acetylenes is 1. The zero-order chi connectivity index (χ0) is 11.1. The minimum Gasteiger partial charge on any atom is -0.354 e. The van der Waals surface area contributed by atoms with E-state index in [0.717, 1.165) is 5.82 Å². The van der Waals surface area contributed by atoms with Crippen molar-refractivity contribution in [3.05, 3.63) is 18.2 Å². The molecule has 4 N–H and O–H groups in total. The van der Waals surface area contributed by atoms with Gasteiger partial charge in [-0.1, -0.05) is 0 Å². The molecule has 5 heteroatoms. The highest BCUT2D eigenvalue weighted by atomic mass is 16.2. The number of rotatable bonds is 5. The highest BCUT2D eigenvalue weighted by molar-refractivity contribution is 5.81. The molecule has 0 bridgehead atoms. The maximum Gasteiger partial charge on any atom is 0.237 e. The van der Waals surface area contributed by atoms with Crippen LogP contribution in [0.2, 0.25) is 0 Å². The number of carbonyl (C=O) groups is 1. The van der Waals surface area contributed by atoms with E-state index in [9.17, 15) is 4.79 Å². The van der Waals surface area contributed by atoms with Gasteiger partial charge in [0.1, 0.15) is 5.82 Å². The first-order chi connectivity index (χ1) is 7.24. The molecular formula is C10H14N4O. The number of hydrogen-bond donors (Lipinski definition) is 3. The van der Waals surface area contributed by atoms with Crippen molar-refractivity contribution in [2.24, 2.45) is 5.73 Å². The van der Waals surface area contributed by atoms with Crippen molar-refractivity contribution in [1.29, 1.82) is 0 Å². The third kappa shape index (κ3) is 3.83. The Morgan fingerprint density at radius 3 is 3.20 bits per heavy atom. The lowest BCUT2D eigenvalue weighted by molar-refractivity contribution is -0.122. The second-order valence-electron chi connectivity index (χ2n) is 3.09. The van der Waals surface area contributed by atoms with Gasteiger partial charge >= 0.3 is 0 Å². The summed E-state index contributed by atoms with van der Waals surface area (Å²) < 4.78 is 0. The minimum absolute atomic E-state index is 0.223. The molecule has 1 amide bonds. The predicted octanol–water partition coefficient (Wildman–Crippen LogP) is -0.581. The molecule has 1 atom stereocenters. The number of nitrogens with zero attached hydrogens (tertiary/aromatic N) is 1. The molecule has 1 rings (SSSR count). The average Bonchev–Trinajstić information content (AvgIpc) is 2.71. The average molecular weight is 206 g/mol. The fourth-order valence-corrected chi connectivity index (χ4v) is 1.09. The number of carbonyl (C=O) groups excluding carboxylic acids is 1. The summed E-state index contributed by atoms with van der Waals surface area (Å²) in [5.74, 6) is 2.96. The van der Waals surface area contributed by atoms with Crippen LogP contribution in [0.4, 0.5) is 0 Å². The molecule has 15 heavy (non-hydrogen) atoms. The molecule has 0 aliphatic carbocycles. The van der Waals surface area contributed by atoms with E-state index < -0.39 is 6.04 Å². The first-order valence-electron chi connectivity index (χ1n) is 4.69. The van der Waals surface area contributed by atoms with Crippen LogP contribution in [0, 0.1) is 12.3 Å². The van der Waals surface area contributed by atoms with Crippen molar-refractivity contribution in [3.8, 4) is 12.3 Å². The van der Waals surface area contributed by atoms with Gasteiger partial charge in [-0.3, -0.25) is 4.79 Å². The number of H-pyrrole nitrogens is 1. The lowest BCUT2D eigenvalue weighted by Gasteiger charge is -2.08. The van der Waals surface area contributed by atoms with E-state index in [1.807, 2.05) is 0 Å². The van der Waals surface area contributed by atoms with Gasteiger partial charge in [-0.15, -0.1) is 12.3 Å². The Kier molecular flexibility index (Phi) is 4.38. The lowest BCUT2D eigenvalue weighted by atomic mass is 10.2. The van der Waals surface area contributed by atoms with E-state index in [1.165, 1.54) is 0 Å². The van der Waals surface area contributed by atoms with Crippen molar-refractivity contribution < 1.29 is 4.79 Å². The van der Waals surface area contributed by atoms with Gasteiger partial charge in [0.25, 0.3) is 0 Å². The zero-order valence-corrected chi connectivity index (χ0v) is 8.36. The highest BCUT2D eigenvalue weighted by Crippen LogP contribution is 1.89. The third-order valence-corrected chi connectivity index (χ3v) is 1.89. The maximum absolute atomic E-state index is 11.3. The standard InChI is InChI=1S/C10H14N4O/c1-2-3-8(11)10(15)14-5-4-9-12-6-7-13-9/h1,6-8H,3-5,11H2,(H,12,13)(H,14,15). The smallest absolute Gasteiger partial charge is 0.237 e. The molecule has 0 aromatic carbocycles. The lowest BCUT2D eigenvalue weighted by Crippen LogP contribution is -2.41.